The molecule has 0 fully saturated rings. The van der Waals surface area contributed by atoms with E-state index in [0.717, 1.165) is 5.75 Å². The second-order valence-corrected chi connectivity index (χ2v) is 6.00. The standard InChI is InChI=1S/C15H18N2O3S/c1-3-21-15(20)16(2)9-6-10-17-13(18)11-7-4-5-8-12(11)14(17)19/h4-5,7-8H,3,6,9-10H2,1-2H3. The van der Waals surface area contributed by atoms with Crippen LogP contribution in [0.1, 0.15) is 34.1 Å². The molecule has 112 valence electrons. The van der Waals surface area contributed by atoms with Crippen molar-refractivity contribution in [2.75, 3.05) is 25.9 Å². The third-order valence-corrected chi connectivity index (χ3v) is 4.18. The van der Waals surface area contributed by atoms with Crippen LogP contribution in [0.4, 0.5) is 4.79 Å². The summed E-state index contributed by atoms with van der Waals surface area (Å²) in [5.74, 6) is 0.252. The maximum Gasteiger partial charge on any atom is 0.281 e. The Bertz CT molecular complexity index is 539. The summed E-state index contributed by atoms with van der Waals surface area (Å²) in [5, 5.41) is 0.0138. The van der Waals surface area contributed by atoms with E-state index in [2.05, 4.69) is 0 Å². The number of benzene rings is 1. The zero-order chi connectivity index (χ0) is 15.4. The van der Waals surface area contributed by atoms with Crippen molar-refractivity contribution in [2.45, 2.75) is 13.3 Å². The summed E-state index contributed by atoms with van der Waals surface area (Å²) in [6, 6.07) is 6.84. The van der Waals surface area contributed by atoms with Crippen LogP contribution in [0.2, 0.25) is 0 Å². The van der Waals surface area contributed by atoms with E-state index in [1.54, 1.807) is 36.2 Å². The first-order chi connectivity index (χ1) is 10.1. The predicted octanol–water partition coefficient (Wildman–Crippen LogP) is 2.48. The summed E-state index contributed by atoms with van der Waals surface area (Å²) in [7, 11) is 1.73. The molecule has 1 aromatic carbocycles. The van der Waals surface area contributed by atoms with Crippen molar-refractivity contribution >= 4 is 28.8 Å². The Morgan fingerprint density at radius 3 is 2.29 bits per heavy atom. The van der Waals surface area contributed by atoms with E-state index < -0.39 is 0 Å². The molecule has 0 spiro atoms. The van der Waals surface area contributed by atoms with Gasteiger partial charge in [0.05, 0.1) is 11.1 Å². The van der Waals surface area contributed by atoms with Crippen LogP contribution in [0.5, 0.6) is 0 Å². The van der Waals surface area contributed by atoms with Gasteiger partial charge in [0.15, 0.2) is 0 Å². The molecule has 1 aliphatic heterocycles. The number of amides is 3. The SMILES string of the molecule is CCSC(=O)N(C)CCCN1C(=O)c2ccccc2C1=O. The summed E-state index contributed by atoms with van der Waals surface area (Å²) in [6.07, 6.45) is 0.581. The lowest BCUT2D eigenvalue weighted by Crippen LogP contribution is -2.33. The maximum atomic E-state index is 12.1. The Morgan fingerprint density at radius 1 is 1.19 bits per heavy atom. The van der Waals surface area contributed by atoms with Gasteiger partial charge in [-0.2, -0.15) is 0 Å². The highest BCUT2D eigenvalue weighted by Gasteiger charge is 2.34. The first kappa shape index (κ1) is 15.6. The van der Waals surface area contributed by atoms with Gasteiger partial charge in [-0.25, -0.2) is 0 Å². The van der Waals surface area contributed by atoms with Crippen molar-refractivity contribution in [3.05, 3.63) is 35.4 Å². The average Bonchev–Trinajstić information content (AvgIpc) is 2.73. The summed E-state index contributed by atoms with van der Waals surface area (Å²) < 4.78 is 0. The van der Waals surface area contributed by atoms with Crippen molar-refractivity contribution in [1.82, 2.24) is 9.80 Å². The average molecular weight is 306 g/mol. The smallest absolute Gasteiger partial charge is 0.281 e. The third kappa shape index (κ3) is 3.26. The molecule has 0 saturated carbocycles. The molecule has 2 rings (SSSR count). The number of carbonyl (C=O) groups is 3. The Hall–Kier alpha value is -1.82. The lowest BCUT2D eigenvalue weighted by molar-refractivity contribution is 0.0650. The van der Waals surface area contributed by atoms with Gasteiger partial charge in [-0.15, -0.1) is 0 Å². The van der Waals surface area contributed by atoms with Crippen LogP contribution < -0.4 is 0 Å². The first-order valence-electron chi connectivity index (χ1n) is 6.89. The van der Waals surface area contributed by atoms with Gasteiger partial charge in [0.1, 0.15) is 0 Å². The maximum absolute atomic E-state index is 12.1. The molecule has 3 amide bonds. The molecule has 0 unspecified atom stereocenters. The van der Waals surface area contributed by atoms with Crippen LogP contribution >= 0.6 is 11.8 Å². The molecular weight excluding hydrogens is 288 g/mol. The van der Waals surface area contributed by atoms with Gasteiger partial charge in [0, 0.05) is 20.1 Å². The van der Waals surface area contributed by atoms with E-state index in [9.17, 15) is 14.4 Å². The topological polar surface area (TPSA) is 57.7 Å². The monoisotopic (exact) mass is 306 g/mol. The largest absolute Gasteiger partial charge is 0.337 e. The van der Waals surface area contributed by atoms with Crippen LogP contribution in [0.15, 0.2) is 24.3 Å². The molecule has 0 aromatic heterocycles. The molecule has 0 aliphatic carbocycles. The first-order valence-corrected chi connectivity index (χ1v) is 7.88. The molecule has 0 bridgehead atoms. The number of imide groups is 1. The van der Waals surface area contributed by atoms with Gasteiger partial charge in [-0.3, -0.25) is 19.3 Å². The summed E-state index contributed by atoms with van der Waals surface area (Å²) >= 11 is 1.25. The molecule has 5 nitrogen and oxygen atoms in total. The van der Waals surface area contributed by atoms with Crippen LogP contribution in [0.3, 0.4) is 0 Å². The molecule has 0 N–H and O–H groups in total. The molecular formula is C15H18N2O3S. The summed E-state index contributed by atoms with van der Waals surface area (Å²) in [5.41, 5.74) is 0.932. The fourth-order valence-electron chi connectivity index (χ4n) is 2.23. The molecule has 1 heterocycles. The number of hydrogen-bond donors (Lipinski definition) is 0. The normalized spacial score (nSPS) is 13.5. The van der Waals surface area contributed by atoms with Crippen molar-refractivity contribution in [1.29, 1.82) is 0 Å². The Labute approximate surface area is 128 Å². The fourth-order valence-corrected chi connectivity index (χ4v) is 2.79. The second kappa shape index (κ2) is 6.76. The Balaban J connectivity index is 1.90. The molecule has 1 aliphatic rings. The molecule has 0 radical (unpaired) electrons. The second-order valence-electron chi connectivity index (χ2n) is 4.78. The molecule has 21 heavy (non-hydrogen) atoms. The summed E-state index contributed by atoms with van der Waals surface area (Å²) in [4.78, 5) is 38.8. The minimum atomic E-state index is -0.243. The number of fused-ring (bicyclic) bond motifs is 1. The minimum Gasteiger partial charge on any atom is -0.337 e. The highest BCUT2D eigenvalue weighted by atomic mass is 32.2. The highest BCUT2D eigenvalue weighted by molar-refractivity contribution is 8.13. The molecule has 6 heteroatoms. The van der Waals surface area contributed by atoms with Gasteiger partial charge in [-0.1, -0.05) is 30.8 Å². The minimum absolute atomic E-state index is 0.0138. The van der Waals surface area contributed by atoms with Gasteiger partial charge in [0.25, 0.3) is 17.1 Å². The van der Waals surface area contributed by atoms with E-state index in [1.807, 2.05) is 6.92 Å². The van der Waals surface area contributed by atoms with E-state index in [4.69, 9.17) is 0 Å². The van der Waals surface area contributed by atoms with Crippen LogP contribution in [0.25, 0.3) is 0 Å². The molecule has 0 atom stereocenters. The van der Waals surface area contributed by atoms with E-state index in [1.165, 1.54) is 16.7 Å². The zero-order valence-corrected chi connectivity index (χ0v) is 13.0. The number of carbonyl (C=O) groups excluding carboxylic acids is 3. The van der Waals surface area contributed by atoms with Gasteiger partial charge >= 0.3 is 0 Å². The Morgan fingerprint density at radius 2 is 1.76 bits per heavy atom. The van der Waals surface area contributed by atoms with Gasteiger partial charge < -0.3 is 4.90 Å². The molecule has 1 aromatic rings. The highest BCUT2D eigenvalue weighted by Crippen LogP contribution is 2.22. The van der Waals surface area contributed by atoms with Crippen LogP contribution in [-0.4, -0.2) is 52.7 Å². The number of nitrogens with zero attached hydrogens (tertiary/aromatic N) is 2. The predicted molar refractivity (Wildman–Crippen MR) is 82.6 cm³/mol. The van der Waals surface area contributed by atoms with Crippen molar-refractivity contribution in [3.8, 4) is 0 Å². The van der Waals surface area contributed by atoms with Crippen molar-refractivity contribution in [2.24, 2.45) is 0 Å². The van der Waals surface area contributed by atoms with Crippen molar-refractivity contribution in [3.63, 3.8) is 0 Å². The fraction of sp³-hybridized carbons (Fsp3) is 0.400. The summed E-state index contributed by atoms with van der Waals surface area (Å²) in [6.45, 7) is 2.79. The lowest BCUT2D eigenvalue weighted by atomic mass is 10.1. The van der Waals surface area contributed by atoms with Crippen LogP contribution in [0, 0.1) is 0 Å². The third-order valence-electron chi connectivity index (χ3n) is 3.33. The van der Waals surface area contributed by atoms with Crippen molar-refractivity contribution < 1.29 is 14.4 Å². The van der Waals surface area contributed by atoms with E-state index in [-0.39, 0.29) is 17.1 Å². The van der Waals surface area contributed by atoms with Gasteiger partial charge in [0.2, 0.25) is 0 Å². The van der Waals surface area contributed by atoms with E-state index >= 15 is 0 Å². The quantitative estimate of drug-likeness (QED) is 0.784. The number of thioether (sulfide) groups is 1. The van der Waals surface area contributed by atoms with Crippen LogP contribution in [-0.2, 0) is 0 Å². The van der Waals surface area contributed by atoms with Gasteiger partial charge in [-0.05, 0) is 24.3 Å². The number of rotatable bonds is 5. The van der Waals surface area contributed by atoms with E-state index in [0.29, 0.717) is 30.6 Å². The lowest BCUT2D eigenvalue weighted by Gasteiger charge is -2.18. The number of hydrogen-bond acceptors (Lipinski definition) is 4. The molecule has 0 saturated heterocycles. The zero-order valence-electron chi connectivity index (χ0n) is 12.2. The Kier molecular flexibility index (Phi) is 5.01.